The van der Waals surface area contributed by atoms with Gasteiger partial charge < -0.3 is 0 Å². The van der Waals surface area contributed by atoms with Crippen LogP contribution in [0.4, 0.5) is 4.39 Å². The van der Waals surface area contributed by atoms with Crippen molar-refractivity contribution >= 4 is 35.1 Å². The summed E-state index contributed by atoms with van der Waals surface area (Å²) in [5.74, 6) is -0.989. The van der Waals surface area contributed by atoms with Gasteiger partial charge in [0.15, 0.2) is 5.78 Å². The summed E-state index contributed by atoms with van der Waals surface area (Å²) in [5.41, 5.74) is 0.553. The molecule has 0 aromatic heterocycles. The molecule has 0 unspecified atom stereocenters. The van der Waals surface area contributed by atoms with E-state index in [0.29, 0.717) is 15.6 Å². The zero-order valence-corrected chi connectivity index (χ0v) is 11.3. The van der Waals surface area contributed by atoms with Gasteiger partial charge in [-0.25, -0.2) is 4.39 Å². The second-order valence-corrected chi connectivity index (χ2v) is 4.63. The Bertz CT molecular complexity index is 630. The lowest BCUT2D eigenvalue weighted by atomic mass is 10.1. The first-order valence-electron chi connectivity index (χ1n) is 5.50. The van der Waals surface area contributed by atoms with Gasteiger partial charge in [0.05, 0.1) is 5.56 Å². The van der Waals surface area contributed by atoms with Crippen LogP contribution in [0, 0.1) is 5.82 Å². The van der Waals surface area contributed by atoms with Crippen LogP contribution in [0.1, 0.15) is 15.9 Å². The van der Waals surface area contributed by atoms with Crippen molar-refractivity contribution in [1.82, 2.24) is 0 Å². The van der Waals surface area contributed by atoms with E-state index in [1.807, 2.05) is 0 Å². The van der Waals surface area contributed by atoms with Gasteiger partial charge in [-0.15, -0.1) is 0 Å². The number of allylic oxidation sites excluding steroid dienone is 1. The molecule has 96 valence electrons. The SMILES string of the molecule is O=C(/C=C/c1c(Cl)cccc1Cl)c1ccccc1F. The number of ketones is 1. The monoisotopic (exact) mass is 294 g/mol. The van der Waals surface area contributed by atoms with Gasteiger partial charge in [0.2, 0.25) is 0 Å². The van der Waals surface area contributed by atoms with Crippen molar-refractivity contribution in [2.24, 2.45) is 0 Å². The smallest absolute Gasteiger partial charge is 0.188 e. The van der Waals surface area contributed by atoms with E-state index in [0.717, 1.165) is 0 Å². The summed E-state index contributed by atoms with van der Waals surface area (Å²) in [7, 11) is 0. The zero-order chi connectivity index (χ0) is 13.8. The molecule has 0 atom stereocenters. The summed E-state index contributed by atoms with van der Waals surface area (Å²) in [6.07, 6.45) is 2.74. The Morgan fingerprint density at radius 3 is 2.26 bits per heavy atom. The molecule has 2 rings (SSSR count). The molecule has 0 bridgehead atoms. The van der Waals surface area contributed by atoms with E-state index in [-0.39, 0.29) is 5.56 Å². The van der Waals surface area contributed by atoms with Crippen molar-refractivity contribution in [1.29, 1.82) is 0 Å². The van der Waals surface area contributed by atoms with Crippen LogP contribution in [0.5, 0.6) is 0 Å². The molecule has 0 radical (unpaired) electrons. The number of carbonyl (C=O) groups excluding carboxylic acids is 1. The van der Waals surface area contributed by atoms with Crippen LogP contribution < -0.4 is 0 Å². The van der Waals surface area contributed by atoms with Gasteiger partial charge in [-0.1, -0.05) is 41.4 Å². The highest BCUT2D eigenvalue weighted by Crippen LogP contribution is 2.25. The van der Waals surface area contributed by atoms with Crippen LogP contribution in [0.15, 0.2) is 48.5 Å². The molecule has 0 aliphatic rings. The molecule has 0 saturated carbocycles. The predicted octanol–water partition coefficient (Wildman–Crippen LogP) is 5.03. The maximum atomic E-state index is 13.4. The third kappa shape index (κ3) is 3.22. The molecule has 0 spiro atoms. The topological polar surface area (TPSA) is 17.1 Å². The van der Waals surface area contributed by atoms with Crippen LogP contribution >= 0.6 is 23.2 Å². The summed E-state index contributed by atoms with van der Waals surface area (Å²) in [6.45, 7) is 0. The average molecular weight is 295 g/mol. The molecule has 4 heteroatoms. The predicted molar refractivity (Wildman–Crippen MR) is 76.2 cm³/mol. The van der Waals surface area contributed by atoms with Crippen LogP contribution in [0.3, 0.4) is 0 Å². The molecule has 1 nitrogen and oxygen atoms in total. The second kappa shape index (κ2) is 6.00. The van der Waals surface area contributed by atoms with Crippen LogP contribution in [-0.2, 0) is 0 Å². The molecule has 0 amide bonds. The number of halogens is 3. The van der Waals surface area contributed by atoms with Crippen molar-refractivity contribution in [3.63, 3.8) is 0 Å². The van der Waals surface area contributed by atoms with Gasteiger partial charge in [0.1, 0.15) is 5.82 Å². The Hall–Kier alpha value is -1.64. The van der Waals surface area contributed by atoms with Crippen LogP contribution in [-0.4, -0.2) is 5.78 Å². The van der Waals surface area contributed by atoms with Gasteiger partial charge in [-0.05, 0) is 36.4 Å². The minimum absolute atomic E-state index is 0.0157. The Labute approximate surface area is 120 Å². The normalized spacial score (nSPS) is 10.9. The molecule has 0 heterocycles. The van der Waals surface area contributed by atoms with E-state index in [2.05, 4.69) is 0 Å². The largest absolute Gasteiger partial charge is 0.289 e. The Kier molecular flexibility index (Phi) is 4.35. The van der Waals surface area contributed by atoms with E-state index in [9.17, 15) is 9.18 Å². The van der Waals surface area contributed by atoms with Gasteiger partial charge >= 0.3 is 0 Å². The number of benzene rings is 2. The molecular formula is C15H9Cl2FO. The lowest BCUT2D eigenvalue weighted by Gasteiger charge is -2.01. The van der Waals surface area contributed by atoms with E-state index in [1.165, 1.54) is 30.4 Å². The minimum Gasteiger partial charge on any atom is -0.289 e. The third-order valence-corrected chi connectivity index (χ3v) is 3.20. The number of carbonyl (C=O) groups is 1. The molecular weight excluding hydrogens is 286 g/mol. The first-order chi connectivity index (χ1) is 9.09. The standard InChI is InChI=1S/C15H9Cl2FO/c16-12-5-3-6-13(17)10(12)8-9-15(19)11-4-1-2-7-14(11)18/h1-9H/b9-8+. The lowest BCUT2D eigenvalue weighted by molar-refractivity contribution is 0.104. The fourth-order valence-electron chi connectivity index (χ4n) is 1.58. The summed E-state index contributed by atoms with van der Waals surface area (Å²) in [6, 6.07) is 10.8. The van der Waals surface area contributed by atoms with Crippen LogP contribution in [0.2, 0.25) is 10.0 Å². The highest BCUT2D eigenvalue weighted by atomic mass is 35.5. The molecule has 0 N–H and O–H groups in total. The summed E-state index contributed by atoms with van der Waals surface area (Å²) in [5, 5.41) is 0.871. The van der Waals surface area contributed by atoms with Crippen molar-refractivity contribution in [2.45, 2.75) is 0 Å². The first kappa shape index (κ1) is 13.8. The number of rotatable bonds is 3. The summed E-state index contributed by atoms with van der Waals surface area (Å²) >= 11 is 11.9. The third-order valence-electron chi connectivity index (χ3n) is 2.54. The highest BCUT2D eigenvalue weighted by Gasteiger charge is 2.08. The highest BCUT2D eigenvalue weighted by molar-refractivity contribution is 6.37. The summed E-state index contributed by atoms with van der Waals surface area (Å²) in [4.78, 5) is 11.8. The number of hydrogen-bond acceptors (Lipinski definition) is 1. The van der Waals surface area contributed by atoms with Crippen molar-refractivity contribution in [3.8, 4) is 0 Å². The minimum atomic E-state index is -0.553. The van der Waals surface area contributed by atoms with Crippen molar-refractivity contribution < 1.29 is 9.18 Å². The maximum absolute atomic E-state index is 13.4. The molecule has 0 fully saturated rings. The van der Waals surface area contributed by atoms with Gasteiger partial charge in [-0.2, -0.15) is 0 Å². The fourth-order valence-corrected chi connectivity index (χ4v) is 2.10. The van der Waals surface area contributed by atoms with Crippen LogP contribution in [0.25, 0.3) is 6.08 Å². The molecule has 2 aromatic rings. The van der Waals surface area contributed by atoms with E-state index >= 15 is 0 Å². The van der Waals surface area contributed by atoms with Crippen molar-refractivity contribution in [2.75, 3.05) is 0 Å². The fraction of sp³-hybridized carbons (Fsp3) is 0. The second-order valence-electron chi connectivity index (χ2n) is 3.81. The molecule has 2 aromatic carbocycles. The molecule has 19 heavy (non-hydrogen) atoms. The Morgan fingerprint density at radius 1 is 1.00 bits per heavy atom. The average Bonchev–Trinajstić information content (AvgIpc) is 2.38. The van der Waals surface area contributed by atoms with Gasteiger partial charge in [0, 0.05) is 15.6 Å². The van der Waals surface area contributed by atoms with E-state index in [1.54, 1.807) is 24.3 Å². The van der Waals surface area contributed by atoms with E-state index in [4.69, 9.17) is 23.2 Å². The number of hydrogen-bond donors (Lipinski definition) is 0. The molecule has 0 saturated heterocycles. The van der Waals surface area contributed by atoms with Gasteiger partial charge in [-0.3, -0.25) is 4.79 Å². The summed E-state index contributed by atoms with van der Waals surface area (Å²) < 4.78 is 13.4. The lowest BCUT2D eigenvalue weighted by Crippen LogP contribution is -1.97. The van der Waals surface area contributed by atoms with E-state index < -0.39 is 11.6 Å². The quantitative estimate of drug-likeness (QED) is 0.573. The van der Waals surface area contributed by atoms with Crippen molar-refractivity contribution in [3.05, 3.63) is 75.5 Å². The first-order valence-corrected chi connectivity index (χ1v) is 6.26. The molecule has 0 aliphatic heterocycles. The zero-order valence-electron chi connectivity index (χ0n) is 9.74. The Balaban J connectivity index is 2.29. The molecule has 0 aliphatic carbocycles. The Morgan fingerprint density at radius 2 is 1.63 bits per heavy atom. The maximum Gasteiger partial charge on any atom is 0.188 e. The van der Waals surface area contributed by atoms with Gasteiger partial charge in [0.25, 0.3) is 0 Å².